The molecule has 0 spiro atoms. The van der Waals surface area contributed by atoms with E-state index in [4.69, 9.17) is 0 Å². The Balaban J connectivity index is 2.25. The lowest BCUT2D eigenvalue weighted by atomic mass is 10.2. The average molecular weight is 302 g/mol. The van der Waals surface area contributed by atoms with Crippen LogP contribution in [0.2, 0.25) is 0 Å². The van der Waals surface area contributed by atoms with Crippen molar-refractivity contribution in [2.45, 2.75) is 30.9 Å². The Hall–Kier alpha value is -1.61. The number of rotatable bonds is 5. The van der Waals surface area contributed by atoms with Crippen LogP contribution in [0.5, 0.6) is 0 Å². The molecule has 0 unspecified atom stereocenters. The van der Waals surface area contributed by atoms with Gasteiger partial charge < -0.3 is 4.98 Å². The molecule has 3 N–H and O–H groups in total. The molecule has 0 aliphatic carbocycles. The lowest BCUT2D eigenvalue weighted by Crippen LogP contribution is -2.12. The number of aryl methyl sites for hydroxylation is 2. The summed E-state index contributed by atoms with van der Waals surface area (Å²) in [4.78, 5) is 13.2. The number of sulfonamides is 1. The standard InChI is InChI=1S/C10H14N4O3S2/c1-3-4-7-5-8(13-12-7)14-19(16,17)9-6(2)11-10(15)18-9/h5H,3-4H2,1-2H3,(H,11,15)(H2,12,13,14). The molecule has 0 amide bonds. The van der Waals surface area contributed by atoms with Crippen molar-refractivity contribution in [3.05, 3.63) is 27.1 Å². The van der Waals surface area contributed by atoms with Crippen molar-refractivity contribution in [3.8, 4) is 0 Å². The van der Waals surface area contributed by atoms with Crippen molar-refractivity contribution >= 4 is 27.2 Å². The van der Waals surface area contributed by atoms with Gasteiger partial charge in [-0.1, -0.05) is 24.7 Å². The van der Waals surface area contributed by atoms with Crippen molar-refractivity contribution in [2.24, 2.45) is 0 Å². The fraction of sp³-hybridized carbons (Fsp3) is 0.400. The predicted octanol–water partition coefficient (Wildman–Crippen LogP) is 1.22. The molecule has 0 radical (unpaired) electrons. The van der Waals surface area contributed by atoms with Gasteiger partial charge in [0.2, 0.25) is 0 Å². The van der Waals surface area contributed by atoms with Gasteiger partial charge in [-0.15, -0.1) is 0 Å². The fourth-order valence-corrected chi connectivity index (χ4v) is 3.94. The summed E-state index contributed by atoms with van der Waals surface area (Å²) in [6.45, 7) is 3.56. The molecule has 0 atom stereocenters. The molecule has 2 heterocycles. The van der Waals surface area contributed by atoms with Crippen LogP contribution in [0.1, 0.15) is 24.7 Å². The highest BCUT2D eigenvalue weighted by Gasteiger charge is 2.21. The van der Waals surface area contributed by atoms with E-state index in [0.717, 1.165) is 18.5 Å². The zero-order valence-corrected chi connectivity index (χ0v) is 12.1. The maximum Gasteiger partial charge on any atom is 0.306 e. The van der Waals surface area contributed by atoms with Gasteiger partial charge in [0.05, 0.1) is 0 Å². The van der Waals surface area contributed by atoms with Crippen LogP contribution in [-0.4, -0.2) is 23.6 Å². The highest BCUT2D eigenvalue weighted by atomic mass is 32.2. The Labute approximate surface area is 114 Å². The first-order chi connectivity index (χ1) is 8.92. The van der Waals surface area contributed by atoms with Gasteiger partial charge in [-0.25, -0.2) is 8.42 Å². The summed E-state index contributed by atoms with van der Waals surface area (Å²) in [6.07, 6.45) is 1.73. The number of H-pyrrole nitrogens is 2. The van der Waals surface area contributed by atoms with Crippen molar-refractivity contribution < 1.29 is 8.42 Å². The molecule has 0 saturated carbocycles. The summed E-state index contributed by atoms with van der Waals surface area (Å²) in [7, 11) is -3.77. The third-order valence-corrected chi connectivity index (χ3v) is 5.37. The molecular weight excluding hydrogens is 288 g/mol. The minimum Gasteiger partial charge on any atom is -0.315 e. The zero-order valence-electron chi connectivity index (χ0n) is 10.5. The molecule has 0 aliphatic rings. The summed E-state index contributed by atoms with van der Waals surface area (Å²) in [6, 6.07) is 1.64. The Morgan fingerprint density at radius 1 is 1.47 bits per heavy atom. The molecule has 7 nitrogen and oxygen atoms in total. The van der Waals surface area contributed by atoms with Crippen molar-refractivity contribution in [1.82, 2.24) is 15.2 Å². The molecule has 0 fully saturated rings. The Morgan fingerprint density at radius 3 is 2.79 bits per heavy atom. The van der Waals surface area contributed by atoms with E-state index >= 15 is 0 Å². The van der Waals surface area contributed by atoms with Crippen LogP contribution in [-0.2, 0) is 16.4 Å². The van der Waals surface area contributed by atoms with Gasteiger partial charge in [0.15, 0.2) is 10.0 Å². The highest BCUT2D eigenvalue weighted by Crippen LogP contribution is 2.19. The van der Waals surface area contributed by atoms with Gasteiger partial charge in [-0.3, -0.25) is 14.6 Å². The summed E-state index contributed by atoms with van der Waals surface area (Å²) in [5.41, 5.74) is 1.19. The number of thiazole rings is 1. The topological polar surface area (TPSA) is 108 Å². The van der Waals surface area contributed by atoms with Crippen LogP contribution in [0.4, 0.5) is 5.82 Å². The predicted molar refractivity (Wildman–Crippen MR) is 73.1 cm³/mol. The minimum atomic E-state index is -3.77. The van der Waals surface area contributed by atoms with Gasteiger partial charge in [0.1, 0.15) is 0 Å². The zero-order chi connectivity index (χ0) is 14.0. The van der Waals surface area contributed by atoms with Gasteiger partial charge in [-0.2, -0.15) is 5.10 Å². The average Bonchev–Trinajstić information content (AvgIpc) is 2.86. The monoisotopic (exact) mass is 302 g/mol. The van der Waals surface area contributed by atoms with Crippen LogP contribution < -0.4 is 9.60 Å². The van der Waals surface area contributed by atoms with E-state index in [-0.39, 0.29) is 10.0 Å². The number of anilines is 1. The van der Waals surface area contributed by atoms with E-state index in [9.17, 15) is 13.2 Å². The maximum atomic E-state index is 12.1. The molecule has 9 heteroatoms. The van der Waals surface area contributed by atoms with Crippen molar-refractivity contribution in [2.75, 3.05) is 4.72 Å². The number of aromatic amines is 2. The summed E-state index contributed by atoms with van der Waals surface area (Å²) < 4.78 is 26.5. The largest absolute Gasteiger partial charge is 0.315 e. The second kappa shape index (κ2) is 5.17. The van der Waals surface area contributed by atoms with Crippen LogP contribution in [0.15, 0.2) is 15.1 Å². The van der Waals surface area contributed by atoms with E-state index in [1.54, 1.807) is 13.0 Å². The molecule has 2 aromatic rings. The maximum absolute atomic E-state index is 12.1. The number of hydrogen-bond acceptors (Lipinski definition) is 5. The van der Waals surface area contributed by atoms with Crippen molar-refractivity contribution in [3.63, 3.8) is 0 Å². The van der Waals surface area contributed by atoms with Gasteiger partial charge in [-0.05, 0) is 13.3 Å². The third-order valence-electron chi connectivity index (χ3n) is 2.41. The highest BCUT2D eigenvalue weighted by molar-refractivity contribution is 7.94. The van der Waals surface area contributed by atoms with Gasteiger partial charge in [0.25, 0.3) is 10.0 Å². The Morgan fingerprint density at radius 2 is 2.21 bits per heavy atom. The third kappa shape index (κ3) is 3.04. The second-order valence-electron chi connectivity index (χ2n) is 4.06. The van der Waals surface area contributed by atoms with Crippen LogP contribution in [0.25, 0.3) is 0 Å². The SMILES string of the molecule is CCCc1cc(NS(=O)(=O)c2sc(=O)[nH]c2C)n[nH]1. The summed E-state index contributed by atoms with van der Waals surface area (Å²) in [5.74, 6) is 0.226. The van der Waals surface area contributed by atoms with Crippen molar-refractivity contribution in [1.29, 1.82) is 0 Å². The fourth-order valence-electron chi connectivity index (χ4n) is 1.64. The van der Waals surface area contributed by atoms with Gasteiger partial charge >= 0.3 is 4.87 Å². The number of hydrogen-bond donors (Lipinski definition) is 3. The molecule has 0 saturated heterocycles. The number of aromatic nitrogens is 3. The first kappa shape index (κ1) is 13.8. The molecule has 2 aromatic heterocycles. The number of nitrogens with one attached hydrogen (secondary N) is 3. The molecular formula is C10H14N4O3S2. The summed E-state index contributed by atoms with van der Waals surface area (Å²) >= 11 is 0.658. The van der Waals surface area contributed by atoms with E-state index in [2.05, 4.69) is 19.9 Å². The normalized spacial score (nSPS) is 11.7. The summed E-state index contributed by atoms with van der Waals surface area (Å²) in [5, 5.41) is 6.64. The second-order valence-corrected chi connectivity index (χ2v) is 6.92. The lowest BCUT2D eigenvalue weighted by Gasteiger charge is -2.02. The quantitative estimate of drug-likeness (QED) is 0.771. The van der Waals surface area contributed by atoms with E-state index < -0.39 is 14.9 Å². The van der Waals surface area contributed by atoms with Crippen LogP contribution >= 0.6 is 11.3 Å². The number of nitrogens with zero attached hydrogens (tertiary/aromatic N) is 1. The van der Waals surface area contributed by atoms with Crippen LogP contribution in [0, 0.1) is 6.92 Å². The molecule has 0 bridgehead atoms. The Kier molecular flexibility index (Phi) is 3.76. The molecule has 104 valence electrons. The Bertz CT molecular complexity index is 726. The van der Waals surface area contributed by atoms with E-state index in [0.29, 0.717) is 17.0 Å². The molecule has 2 rings (SSSR count). The van der Waals surface area contributed by atoms with Crippen LogP contribution in [0.3, 0.4) is 0 Å². The van der Waals surface area contributed by atoms with E-state index in [1.807, 2.05) is 6.92 Å². The lowest BCUT2D eigenvalue weighted by molar-refractivity contribution is 0.602. The first-order valence-corrected chi connectivity index (χ1v) is 7.99. The molecule has 19 heavy (non-hydrogen) atoms. The molecule has 0 aromatic carbocycles. The first-order valence-electron chi connectivity index (χ1n) is 5.69. The smallest absolute Gasteiger partial charge is 0.306 e. The van der Waals surface area contributed by atoms with Gasteiger partial charge in [0, 0.05) is 17.5 Å². The molecule has 0 aliphatic heterocycles. The van der Waals surface area contributed by atoms with E-state index in [1.165, 1.54) is 0 Å². The minimum absolute atomic E-state index is 0.0162.